The van der Waals surface area contributed by atoms with Crippen molar-refractivity contribution < 1.29 is 14.2 Å². The fourth-order valence-electron chi connectivity index (χ4n) is 1.57. The number of anilines is 2. The third-order valence-corrected chi connectivity index (χ3v) is 2.57. The van der Waals surface area contributed by atoms with Gasteiger partial charge in [0.1, 0.15) is 13.2 Å². The highest BCUT2D eigenvalue weighted by atomic mass is 16.5. The van der Waals surface area contributed by atoms with E-state index in [-0.39, 0.29) is 0 Å². The van der Waals surface area contributed by atoms with Crippen LogP contribution in [0.3, 0.4) is 0 Å². The van der Waals surface area contributed by atoms with Crippen molar-refractivity contribution in [3.8, 4) is 11.5 Å². The first-order valence-electron chi connectivity index (χ1n) is 6.51. The van der Waals surface area contributed by atoms with Gasteiger partial charge in [-0.3, -0.25) is 0 Å². The summed E-state index contributed by atoms with van der Waals surface area (Å²) in [6.45, 7) is 1.65. The molecule has 0 saturated heterocycles. The number of hydrogen-bond donors (Lipinski definition) is 2. The molecule has 0 bridgehead atoms. The summed E-state index contributed by atoms with van der Waals surface area (Å²) in [5.41, 5.74) is 11.3. The monoisotopic (exact) mass is 290 g/mol. The summed E-state index contributed by atoms with van der Waals surface area (Å²) in [5.74, 6) is 1.85. The van der Waals surface area contributed by atoms with Gasteiger partial charge in [-0.2, -0.15) is 0 Å². The van der Waals surface area contributed by atoms with Gasteiger partial charge in [-0.1, -0.05) is 0 Å². The molecule has 2 heterocycles. The summed E-state index contributed by atoms with van der Waals surface area (Å²) in [7, 11) is 0. The molecule has 4 N–H and O–H groups in total. The van der Waals surface area contributed by atoms with Gasteiger partial charge in [0.15, 0.2) is 23.1 Å². The molecular formula is C14H18N4O3. The van der Waals surface area contributed by atoms with Gasteiger partial charge in [0.25, 0.3) is 0 Å². The zero-order valence-corrected chi connectivity index (χ0v) is 11.6. The van der Waals surface area contributed by atoms with E-state index >= 15 is 0 Å². The maximum atomic E-state index is 5.65. The van der Waals surface area contributed by atoms with Gasteiger partial charge in [0.05, 0.1) is 13.2 Å². The summed E-state index contributed by atoms with van der Waals surface area (Å²) in [6.07, 6.45) is 3.22. The van der Waals surface area contributed by atoms with Crippen molar-refractivity contribution in [1.29, 1.82) is 0 Å². The minimum absolute atomic E-state index is 0.368. The molecule has 0 unspecified atom stereocenters. The third kappa shape index (κ3) is 4.81. The van der Waals surface area contributed by atoms with Crippen LogP contribution >= 0.6 is 0 Å². The minimum Gasteiger partial charge on any atom is -0.487 e. The van der Waals surface area contributed by atoms with Crippen LogP contribution in [-0.2, 0) is 4.74 Å². The lowest BCUT2D eigenvalue weighted by molar-refractivity contribution is 0.0766. The van der Waals surface area contributed by atoms with E-state index < -0.39 is 0 Å². The molecule has 0 aliphatic heterocycles. The van der Waals surface area contributed by atoms with E-state index in [1.54, 1.807) is 36.7 Å². The van der Waals surface area contributed by atoms with E-state index in [2.05, 4.69) is 9.97 Å². The predicted octanol–water partition coefficient (Wildman–Crippen LogP) is 1.12. The largest absolute Gasteiger partial charge is 0.487 e. The lowest BCUT2D eigenvalue weighted by Crippen LogP contribution is -2.13. The number of ether oxygens (including phenoxy) is 3. The number of pyridine rings is 2. The lowest BCUT2D eigenvalue weighted by atomic mass is 10.4. The number of aromatic nitrogens is 2. The molecule has 0 amide bonds. The zero-order chi connectivity index (χ0) is 14.9. The second kappa shape index (κ2) is 7.91. The Hall–Kier alpha value is -2.54. The molecule has 0 aliphatic rings. The fraction of sp³-hybridized carbons (Fsp3) is 0.286. The molecule has 0 aromatic carbocycles. The molecule has 21 heavy (non-hydrogen) atoms. The second-order valence-corrected chi connectivity index (χ2v) is 4.08. The Labute approximate surface area is 122 Å². The first-order valence-corrected chi connectivity index (χ1v) is 6.51. The molecule has 0 atom stereocenters. The maximum absolute atomic E-state index is 5.65. The van der Waals surface area contributed by atoms with Crippen LogP contribution in [0, 0.1) is 0 Å². The summed E-state index contributed by atoms with van der Waals surface area (Å²) in [4.78, 5) is 7.85. The summed E-state index contributed by atoms with van der Waals surface area (Å²) >= 11 is 0. The van der Waals surface area contributed by atoms with Crippen molar-refractivity contribution in [2.24, 2.45) is 0 Å². The van der Waals surface area contributed by atoms with Crippen LogP contribution < -0.4 is 20.9 Å². The Morgan fingerprint density at radius 3 is 1.67 bits per heavy atom. The van der Waals surface area contributed by atoms with Gasteiger partial charge in [-0.15, -0.1) is 0 Å². The van der Waals surface area contributed by atoms with E-state index in [1.807, 2.05) is 0 Å². The Morgan fingerprint density at radius 2 is 1.24 bits per heavy atom. The predicted molar refractivity (Wildman–Crippen MR) is 79.1 cm³/mol. The number of nitrogen functional groups attached to an aromatic ring is 2. The maximum Gasteiger partial charge on any atom is 0.166 e. The van der Waals surface area contributed by atoms with Gasteiger partial charge in [0.2, 0.25) is 0 Å². The Kier molecular flexibility index (Phi) is 5.60. The van der Waals surface area contributed by atoms with Gasteiger partial charge in [-0.25, -0.2) is 9.97 Å². The number of hydrogen-bond acceptors (Lipinski definition) is 7. The molecule has 112 valence electrons. The normalized spacial score (nSPS) is 10.3. The van der Waals surface area contributed by atoms with Gasteiger partial charge in [0, 0.05) is 12.4 Å². The highest BCUT2D eigenvalue weighted by Crippen LogP contribution is 2.17. The van der Waals surface area contributed by atoms with Crippen molar-refractivity contribution in [2.75, 3.05) is 37.9 Å². The van der Waals surface area contributed by atoms with E-state index in [4.69, 9.17) is 25.7 Å². The van der Waals surface area contributed by atoms with E-state index in [0.29, 0.717) is 49.6 Å². The molecule has 0 saturated carbocycles. The van der Waals surface area contributed by atoms with Gasteiger partial charge < -0.3 is 25.7 Å². The Bertz CT molecular complexity index is 516. The van der Waals surface area contributed by atoms with Crippen LogP contribution in [0.4, 0.5) is 11.6 Å². The van der Waals surface area contributed by atoms with Gasteiger partial charge in [-0.05, 0) is 24.3 Å². The highest BCUT2D eigenvalue weighted by molar-refractivity contribution is 5.45. The molecular weight excluding hydrogens is 272 g/mol. The topological polar surface area (TPSA) is 106 Å². The van der Waals surface area contributed by atoms with Crippen molar-refractivity contribution in [2.45, 2.75) is 0 Å². The van der Waals surface area contributed by atoms with Crippen LogP contribution in [0.2, 0.25) is 0 Å². The highest BCUT2D eigenvalue weighted by Gasteiger charge is 2.01. The van der Waals surface area contributed by atoms with E-state index in [0.717, 1.165) is 0 Å². The molecule has 2 rings (SSSR count). The van der Waals surface area contributed by atoms with Crippen LogP contribution in [0.15, 0.2) is 36.7 Å². The van der Waals surface area contributed by atoms with Crippen LogP contribution in [-0.4, -0.2) is 36.4 Å². The van der Waals surface area contributed by atoms with E-state index in [1.165, 1.54) is 0 Å². The smallest absolute Gasteiger partial charge is 0.166 e. The average molecular weight is 290 g/mol. The Morgan fingerprint density at radius 1 is 0.762 bits per heavy atom. The Balaban J connectivity index is 1.57. The SMILES string of the molecule is Nc1ncccc1OCCOCCOc1cccnc1N. The average Bonchev–Trinajstić information content (AvgIpc) is 2.50. The zero-order valence-electron chi connectivity index (χ0n) is 11.6. The van der Waals surface area contributed by atoms with Crippen molar-refractivity contribution in [1.82, 2.24) is 9.97 Å². The molecule has 7 nitrogen and oxygen atoms in total. The molecule has 7 heteroatoms. The minimum atomic E-state index is 0.368. The van der Waals surface area contributed by atoms with Gasteiger partial charge >= 0.3 is 0 Å². The van der Waals surface area contributed by atoms with Crippen LogP contribution in [0.5, 0.6) is 11.5 Å². The first kappa shape index (κ1) is 14.9. The first-order chi connectivity index (χ1) is 10.3. The summed E-state index contributed by atoms with van der Waals surface area (Å²) in [5, 5.41) is 0. The molecule has 2 aromatic rings. The summed E-state index contributed by atoms with van der Waals surface area (Å²) in [6, 6.07) is 7.05. The van der Waals surface area contributed by atoms with Crippen molar-refractivity contribution >= 4 is 11.6 Å². The summed E-state index contributed by atoms with van der Waals surface area (Å²) < 4.78 is 16.3. The number of rotatable bonds is 8. The standard InChI is InChI=1S/C14H18N4O3/c15-13-11(3-1-5-17-13)20-9-7-19-8-10-21-12-4-2-6-18-14(12)16/h1-6H,7-10H2,(H2,15,17)(H2,16,18). The molecule has 0 radical (unpaired) electrons. The third-order valence-electron chi connectivity index (χ3n) is 2.57. The number of nitrogens with zero attached hydrogens (tertiary/aromatic N) is 2. The quantitative estimate of drug-likeness (QED) is 0.701. The van der Waals surface area contributed by atoms with E-state index in [9.17, 15) is 0 Å². The van der Waals surface area contributed by atoms with Crippen molar-refractivity contribution in [3.63, 3.8) is 0 Å². The molecule has 0 fully saturated rings. The molecule has 0 aliphatic carbocycles. The van der Waals surface area contributed by atoms with Crippen LogP contribution in [0.1, 0.15) is 0 Å². The second-order valence-electron chi connectivity index (χ2n) is 4.08. The number of nitrogens with two attached hydrogens (primary N) is 2. The fourth-order valence-corrected chi connectivity index (χ4v) is 1.57. The molecule has 0 spiro atoms. The lowest BCUT2D eigenvalue weighted by Gasteiger charge is -2.09. The van der Waals surface area contributed by atoms with Crippen LogP contribution in [0.25, 0.3) is 0 Å². The van der Waals surface area contributed by atoms with Crippen molar-refractivity contribution in [3.05, 3.63) is 36.7 Å². The molecule has 2 aromatic heterocycles.